The number of phenols is 3. The molecule has 6 unspecified atom stereocenters. The van der Waals surface area contributed by atoms with Crippen LogP contribution < -0.4 is 9.47 Å². The molecule has 2 aliphatic heterocycles. The van der Waals surface area contributed by atoms with Crippen molar-refractivity contribution in [1.82, 2.24) is 0 Å². The van der Waals surface area contributed by atoms with Crippen LogP contribution in [0.2, 0.25) is 0 Å². The van der Waals surface area contributed by atoms with Gasteiger partial charge in [-0.15, -0.1) is 0 Å². The number of rotatable bonds is 3. The van der Waals surface area contributed by atoms with E-state index in [4.69, 9.17) is 14.2 Å². The summed E-state index contributed by atoms with van der Waals surface area (Å²) in [7, 11) is 1.43. The Morgan fingerprint density at radius 1 is 1.09 bits per heavy atom. The summed E-state index contributed by atoms with van der Waals surface area (Å²) in [6, 6.07) is 7.20. The van der Waals surface area contributed by atoms with Crippen LogP contribution in [0.15, 0.2) is 42.0 Å². The van der Waals surface area contributed by atoms with Crippen molar-refractivity contribution < 1.29 is 44.2 Å². The molecule has 9 heteroatoms. The van der Waals surface area contributed by atoms with E-state index in [0.717, 1.165) is 11.6 Å². The highest BCUT2D eigenvalue weighted by atomic mass is 16.6. The van der Waals surface area contributed by atoms with Gasteiger partial charge >= 0.3 is 0 Å². The van der Waals surface area contributed by atoms with Crippen molar-refractivity contribution in [2.24, 2.45) is 17.8 Å². The lowest BCUT2D eigenvalue weighted by molar-refractivity contribution is -0.204. The lowest BCUT2D eigenvalue weighted by Crippen LogP contribution is -2.59. The van der Waals surface area contributed by atoms with Gasteiger partial charge in [0.05, 0.1) is 26.1 Å². The van der Waals surface area contributed by atoms with Crippen LogP contribution in [0.5, 0.6) is 28.7 Å². The highest BCUT2D eigenvalue weighted by molar-refractivity contribution is 6.03. The van der Waals surface area contributed by atoms with Crippen molar-refractivity contribution in [3.05, 3.63) is 53.1 Å². The van der Waals surface area contributed by atoms with E-state index in [1.807, 2.05) is 0 Å². The summed E-state index contributed by atoms with van der Waals surface area (Å²) in [6.07, 6.45) is 0.856. The SMILES string of the molecule is COc1cc(C2C3C(=O)C4(O)OCC2C4C=C3C2CC(=O)c3c(O)cc(O)cc3O2)ccc1O. The molecule has 176 valence electrons. The Morgan fingerprint density at radius 2 is 1.88 bits per heavy atom. The molecule has 3 aliphatic carbocycles. The van der Waals surface area contributed by atoms with Crippen molar-refractivity contribution >= 4 is 11.6 Å². The van der Waals surface area contributed by atoms with E-state index in [0.29, 0.717) is 5.57 Å². The Kier molecular flexibility index (Phi) is 4.31. The van der Waals surface area contributed by atoms with Crippen LogP contribution in [-0.2, 0) is 9.53 Å². The summed E-state index contributed by atoms with van der Waals surface area (Å²) >= 11 is 0. The van der Waals surface area contributed by atoms with Crippen LogP contribution in [0.4, 0.5) is 0 Å². The van der Waals surface area contributed by atoms with Gasteiger partial charge < -0.3 is 34.6 Å². The molecule has 7 rings (SSSR count). The molecular formula is C25H22O9. The fourth-order valence-electron chi connectivity index (χ4n) is 6.08. The second-order valence-corrected chi connectivity index (χ2v) is 9.23. The summed E-state index contributed by atoms with van der Waals surface area (Å²) in [5.41, 5.74) is 1.28. The summed E-state index contributed by atoms with van der Waals surface area (Å²) < 4.78 is 16.9. The van der Waals surface area contributed by atoms with Crippen LogP contribution in [0.25, 0.3) is 0 Å². The van der Waals surface area contributed by atoms with E-state index in [1.54, 1.807) is 18.2 Å². The summed E-state index contributed by atoms with van der Waals surface area (Å²) in [5.74, 6) is -5.24. The summed E-state index contributed by atoms with van der Waals surface area (Å²) in [6.45, 7) is 0.177. The minimum absolute atomic E-state index is 0.0104. The van der Waals surface area contributed by atoms with Crippen molar-refractivity contribution in [2.45, 2.75) is 24.2 Å². The Bertz CT molecular complexity index is 1280. The number of ether oxygens (including phenoxy) is 3. The first-order valence-corrected chi connectivity index (χ1v) is 11.0. The lowest BCUT2D eigenvalue weighted by atomic mass is 9.55. The Hall–Kier alpha value is -3.56. The highest BCUT2D eigenvalue weighted by Crippen LogP contribution is 2.60. The van der Waals surface area contributed by atoms with Crippen LogP contribution in [0, 0.1) is 17.8 Å². The monoisotopic (exact) mass is 466 g/mol. The smallest absolute Gasteiger partial charge is 0.233 e. The molecule has 9 nitrogen and oxygen atoms in total. The molecule has 0 amide bonds. The van der Waals surface area contributed by atoms with E-state index >= 15 is 0 Å². The molecule has 2 fully saturated rings. The molecular weight excluding hydrogens is 444 g/mol. The quantitative estimate of drug-likeness (QED) is 0.500. The number of aromatic hydroxyl groups is 3. The van der Waals surface area contributed by atoms with Gasteiger partial charge in [0.2, 0.25) is 5.79 Å². The first-order chi connectivity index (χ1) is 16.2. The molecule has 1 saturated heterocycles. The van der Waals surface area contributed by atoms with E-state index in [-0.39, 0.29) is 59.0 Å². The minimum atomic E-state index is -1.93. The zero-order chi connectivity index (χ0) is 23.9. The van der Waals surface area contributed by atoms with E-state index in [1.165, 1.54) is 19.2 Å². The fraction of sp³-hybridized carbons (Fsp3) is 0.360. The summed E-state index contributed by atoms with van der Waals surface area (Å²) in [5, 5.41) is 41.1. The third-order valence-corrected chi connectivity index (χ3v) is 7.54. The average Bonchev–Trinajstić information content (AvgIpc) is 3.10. The largest absolute Gasteiger partial charge is 0.508 e. The van der Waals surface area contributed by atoms with Gasteiger partial charge in [0.1, 0.15) is 28.9 Å². The average molecular weight is 466 g/mol. The number of ketones is 2. The number of methoxy groups -OCH3 is 1. The predicted octanol–water partition coefficient (Wildman–Crippen LogP) is 2.02. The van der Waals surface area contributed by atoms with Crippen LogP contribution in [-0.4, -0.2) is 57.6 Å². The Morgan fingerprint density at radius 3 is 2.65 bits per heavy atom. The molecule has 0 aromatic heterocycles. The molecule has 2 heterocycles. The molecule has 5 aliphatic rings. The van der Waals surface area contributed by atoms with Gasteiger partial charge in [-0.2, -0.15) is 0 Å². The minimum Gasteiger partial charge on any atom is -0.508 e. The zero-order valence-electron chi connectivity index (χ0n) is 18.1. The first kappa shape index (κ1) is 21.0. The highest BCUT2D eigenvalue weighted by Gasteiger charge is 2.67. The van der Waals surface area contributed by atoms with Gasteiger partial charge in [0.15, 0.2) is 23.1 Å². The standard InChI is InChI=1S/C25H22O9/c1-32-19-4-10(2-3-15(19)27)21-13-9-33-25(31)14(13)7-12(22(21)24(25)30)18-8-17(29)23-16(28)5-11(26)6-20(23)34-18/h2-7,13-14,18,21-22,26-28,31H,8-9H2,1H3. The molecule has 2 aromatic carbocycles. The van der Waals surface area contributed by atoms with Crippen molar-refractivity contribution in [3.8, 4) is 28.7 Å². The maximum absolute atomic E-state index is 13.5. The maximum atomic E-state index is 13.5. The predicted molar refractivity (Wildman–Crippen MR) is 115 cm³/mol. The van der Waals surface area contributed by atoms with E-state index in [2.05, 4.69) is 0 Å². The Labute approximate surface area is 193 Å². The van der Waals surface area contributed by atoms with Crippen molar-refractivity contribution in [3.63, 3.8) is 0 Å². The van der Waals surface area contributed by atoms with E-state index < -0.39 is 35.4 Å². The second-order valence-electron chi connectivity index (χ2n) is 9.23. The van der Waals surface area contributed by atoms with Crippen LogP contribution in [0.1, 0.15) is 28.3 Å². The van der Waals surface area contributed by atoms with Gasteiger partial charge in [-0.1, -0.05) is 12.1 Å². The zero-order valence-corrected chi connectivity index (χ0v) is 18.1. The number of phenolic OH excluding ortho intramolecular Hbond substituents is 3. The normalized spacial score (nSPS) is 33.4. The number of Topliss-reactive ketones (excluding diaryl/α,β-unsaturated/α-hetero) is 2. The first-order valence-electron chi connectivity index (χ1n) is 11.0. The molecule has 4 bridgehead atoms. The molecule has 34 heavy (non-hydrogen) atoms. The molecule has 0 radical (unpaired) electrons. The lowest BCUT2D eigenvalue weighted by Gasteiger charge is -2.49. The Balaban J connectivity index is 1.45. The molecule has 4 N–H and O–H groups in total. The summed E-state index contributed by atoms with van der Waals surface area (Å²) in [4.78, 5) is 26.4. The van der Waals surface area contributed by atoms with Crippen molar-refractivity contribution in [1.29, 1.82) is 0 Å². The number of carbonyl (C=O) groups excluding carboxylic acids is 2. The van der Waals surface area contributed by atoms with Gasteiger partial charge in [0.25, 0.3) is 0 Å². The topological polar surface area (TPSA) is 143 Å². The van der Waals surface area contributed by atoms with Crippen molar-refractivity contribution in [2.75, 3.05) is 13.7 Å². The van der Waals surface area contributed by atoms with Gasteiger partial charge in [-0.3, -0.25) is 9.59 Å². The molecule has 6 atom stereocenters. The second kappa shape index (κ2) is 6.97. The maximum Gasteiger partial charge on any atom is 0.233 e. The van der Waals surface area contributed by atoms with Crippen LogP contribution >= 0.6 is 0 Å². The molecule has 0 spiro atoms. The number of hydrogen-bond donors (Lipinski definition) is 4. The molecule has 1 saturated carbocycles. The fourth-order valence-corrected chi connectivity index (χ4v) is 6.08. The van der Waals surface area contributed by atoms with Gasteiger partial charge in [-0.05, 0) is 23.3 Å². The third kappa shape index (κ3) is 2.68. The third-order valence-electron chi connectivity index (χ3n) is 7.54. The van der Waals surface area contributed by atoms with Crippen LogP contribution in [0.3, 0.4) is 0 Å². The number of fused-ring (bicyclic) bond motifs is 1. The van der Waals surface area contributed by atoms with Gasteiger partial charge in [-0.25, -0.2) is 0 Å². The van der Waals surface area contributed by atoms with Gasteiger partial charge in [0, 0.05) is 29.9 Å². The number of aliphatic hydroxyl groups is 1. The number of benzene rings is 2. The molecule has 2 aromatic rings. The van der Waals surface area contributed by atoms with E-state index in [9.17, 15) is 30.0 Å². The number of hydrogen-bond acceptors (Lipinski definition) is 9. The number of carbonyl (C=O) groups is 2.